The van der Waals surface area contributed by atoms with Gasteiger partial charge in [0.2, 0.25) is 0 Å². The molecule has 0 amide bonds. The zero-order valence-electron chi connectivity index (χ0n) is 37.4. The third kappa shape index (κ3) is 34.3. The zero-order chi connectivity index (χ0) is 38.0. The van der Waals surface area contributed by atoms with E-state index in [0.717, 1.165) is 0 Å². The summed E-state index contributed by atoms with van der Waals surface area (Å²) < 4.78 is 0. The summed E-state index contributed by atoms with van der Waals surface area (Å²) in [6, 6.07) is 0. The van der Waals surface area contributed by atoms with Crippen LogP contribution in [0, 0.1) is 0 Å². The Morgan fingerprint density at radius 1 is 0.245 bits per heavy atom. The van der Waals surface area contributed by atoms with Crippen LogP contribution in [0.5, 0.6) is 0 Å². The van der Waals surface area contributed by atoms with Gasteiger partial charge in [0.15, 0.2) is 0 Å². The van der Waals surface area contributed by atoms with Gasteiger partial charge < -0.3 is 9.80 Å². The normalized spacial score (nSPS) is 14.4. The van der Waals surface area contributed by atoms with E-state index in [4.69, 9.17) is 0 Å². The fraction of sp³-hybridized carbons (Fsp3) is 0.961. The summed E-state index contributed by atoms with van der Waals surface area (Å²) in [4.78, 5) is 5.48. The van der Waals surface area contributed by atoms with Gasteiger partial charge in [0.1, 0.15) is 6.17 Å². The predicted molar refractivity (Wildman–Crippen MR) is 242 cm³/mol. The second kappa shape index (κ2) is 42.5. The lowest BCUT2D eigenvalue weighted by atomic mass is 10.0. The van der Waals surface area contributed by atoms with Crippen molar-refractivity contribution in [3.8, 4) is 0 Å². The maximum atomic E-state index is 2.74. The molecule has 53 heavy (non-hydrogen) atoms. The molecule has 0 saturated carbocycles. The quantitative estimate of drug-likeness (QED) is 0.0573. The number of hydrogen-bond donors (Lipinski definition) is 0. The van der Waals surface area contributed by atoms with Gasteiger partial charge in [-0.25, -0.2) is 0 Å². The molecule has 1 unspecified atom stereocenters. The van der Waals surface area contributed by atoms with E-state index in [1.807, 2.05) is 0 Å². The molecule has 0 saturated heterocycles. The van der Waals surface area contributed by atoms with Crippen molar-refractivity contribution < 1.29 is 0 Å². The molecule has 2 nitrogen and oxygen atoms in total. The van der Waals surface area contributed by atoms with Crippen molar-refractivity contribution in [1.29, 1.82) is 0 Å². The summed E-state index contributed by atoms with van der Waals surface area (Å²) in [5.74, 6) is 0. The molecule has 1 aliphatic rings. The minimum Gasteiger partial charge on any atom is -0.356 e. The third-order valence-electron chi connectivity index (χ3n) is 12.6. The Balaban J connectivity index is 2.20. The SMILES string of the molecule is CCCCCCCCCCCCCCCCCN1C=CN(CCCCCCCCCCCCCCCC)C1CCCCCCCCCCCCCCC. The van der Waals surface area contributed by atoms with Crippen LogP contribution in [0.15, 0.2) is 12.4 Å². The van der Waals surface area contributed by atoms with Gasteiger partial charge in [-0.15, -0.1) is 0 Å². The van der Waals surface area contributed by atoms with Gasteiger partial charge in [0, 0.05) is 25.5 Å². The molecule has 2 heteroatoms. The lowest BCUT2D eigenvalue weighted by Gasteiger charge is -2.33. The fourth-order valence-electron chi connectivity index (χ4n) is 8.84. The van der Waals surface area contributed by atoms with Crippen LogP contribution < -0.4 is 0 Å². The molecule has 0 N–H and O–H groups in total. The molecule has 1 rings (SSSR count). The van der Waals surface area contributed by atoms with Crippen molar-refractivity contribution in [2.45, 2.75) is 303 Å². The molecule has 1 aliphatic heterocycles. The van der Waals surface area contributed by atoms with Gasteiger partial charge in [0.05, 0.1) is 0 Å². The Morgan fingerprint density at radius 3 is 0.660 bits per heavy atom. The first-order valence-corrected chi connectivity index (χ1v) is 25.5. The maximum absolute atomic E-state index is 2.74. The van der Waals surface area contributed by atoms with Crippen LogP contribution >= 0.6 is 0 Å². The number of rotatable bonds is 45. The first-order chi connectivity index (χ1) is 26.3. The second-order valence-electron chi connectivity index (χ2n) is 17.8. The smallest absolute Gasteiger partial charge is 0.101 e. The van der Waals surface area contributed by atoms with Crippen molar-refractivity contribution >= 4 is 0 Å². The Hall–Kier alpha value is -0.660. The molecular weight excluding hydrogens is 641 g/mol. The molecule has 316 valence electrons. The van der Waals surface area contributed by atoms with Crippen LogP contribution in [0.3, 0.4) is 0 Å². The highest BCUT2D eigenvalue weighted by molar-refractivity contribution is 4.97. The van der Waals surface area contributed by atoms with E-state index in [1.165, 1.54) is 289 Å². The van der Waals surface area contributed by atoms with Gasteiger partial charge >= 0.3 is 0 Å². The number of unbranched alkanes of at least 4 members (excludes halogenated alkanes) is 39. The fourth-order valence-corrected chi connectivity index (χ4v) is 8.84. The first-order valence-electron chi connectivity index (χ1n) is 25.5. The largest absolute Gasteiger partial charge is 0.356 e. The summed E-state index contributed by atoms with van der Waals surface area (Å²) in [5, 5.41) is 0. The Bertz CT molecular complexity index is 702. The van der Waals surface area contributed by atoms with Gasteiger partial charge in [0.25, 0.3) is 0 Å². The van der Waals surface area contributed by atoms with Gasteiger partial charge in [-0.3, -0.25) is 0 Å². The zero-order valence-corrected chi connectivity index (χ0v) is 37.4. The predicted octanol–water partition coefficient (Wildman–Crippen LogP) is 18.2. The highest BCUT2D eigenvalue weighted by Crippen LogP contribution is 2.24. The molecule has 1 heterocycles. The third-order valence-corrected chi connectivity index (χ3v) is 12.6. The van der Waals surface area contributed by atoms with Crippen molar-refractivity contribution in [3.05, 3.63) is 12.4 Å². The average Bonchev–Trinajstić information content (AvgIpc) is 3.55. The molecule has 1 atom stereocenters. The Kier molecular flexibility index (Phi) is 40.4. The van der Waals surface area contributed by atoms with E-state index in [0.29, 0.717) is 6.17 Å². The molecule has 0 aromatic carbocycles. The first kappa shape index (κ1) is 50.4. The van der Waals surface area contributed by atoms with Crippen molar-refractivity contribution in [2.24, 2.45) is 0 Å². The molecule has 0 aliphatic carbocycles. The second-order valence-corrected chi connectivity index (χ2v) is 17.8. The van der Waals surface area contributed by atoms with Crippen LogP contribution in [-0.2, 0) is 0 Å². The summed E-state index contributed by atoms with van der Waals surface area (Å²) in [6.07, 6.45) is 67.9. The Morgan fingerprint density at radius 2 is 0.434 bits per heavy atom. The Labute approximate surface area is 337 Å². The highest BCUT2D eigenvalue weighted by Gasteiger charge is 2.25. The lowest BCUT2D eigenvalue weighted by Crippen LogP contribution is -2.39. The molecule has 0 radical (unpaired) electrons. The molecular formula is C51H102N2. The van der Waals surface area contributed by atoms with E-state index in [2.05, 4.69) is 43.0 Å². The minimum atomic E-state index is 0.635. The molecule has 0 spiro atoms. The summed E-state index contributed by atoms with van der Waals surface area (Å²) >= 11 is 0. The number of hydrogen-bond acceptors (Lipinski definition) is 2. The standard InChI is InChI=1S/C51H102N2/c1-4-7-10-13-16-19-22-25-27-30-33-36-39-42-45-48-53-50-49-52(47-44-41-38-35-32-29-26-23-20-17-14-11-8-5-2)51(53)46-43-40-37-34-31-28-24-21-18-15-12-9-6-3/h49-51H,4-48H2,1-3H3. The molecule has 0 aromatic rings. The molecule has 0 bridgehead atoms. The van der Waals surface area contributed by atoms with Crippen LogP contribution in [0.1, 0.15) is 297 Å². The number of nitrogens with zero attached hydrogens (tertiary/aromatic N) is 2. The monoisotopic (exact) mass is 743 g/mol. The topological polar surface area (TPSA) is 6.48 Å². The van der Waals surface area contributed by atoms with E-state index in [-0.39, 0.29) is 0 Å². The van der Waals surface area contributed by atoms with E-state index >= 15 is 0 Å². The van der Waals surface area contributed by atoms with Crippen LogP contribution in [-0.4, -0.2) is 29.1 Å². The van der Waals surface area contributed by atoms with Gasteiger partial charge in [-0.1, -0.05) is 271 Å². The molecule has 0 fully saturated rings. The minimum absolute atomic E-state index is 0.635. The van der Waals surface area contributed by atoms with E-state index in [9.17, 15) is 0 Å². The lowest BCUT2D eigenvalue weighted by molar-refractivity contribution is 0.135. The van der Waals surface area contributed by atoms with E-state index < -0.39 is 0 Å². The summed E-state index contributed by atoms with van der Waals surface area (Å²) in [5.41, 5.74) is 0. The maximum Gasteiger partial charge on any atom is 0.101 e. The van der Waals surface area contributed by atoms with Gasteiger partial charge in [-0.05, 0) is 25.7 Å². The average molecular weight is 743 g/mol. The van der Waals surface area contributed by atoms with E-state index in [1.54, 1.807) is 0 Å². The van der Waals surface area contributed by atoms with Crippen molar-refractivity contribution in [1.82, 2.24) is 9.80 Å². The van der Waals surface area contributed by atoms with Gasteiger partial charge in [-0.2, -0.15) is 0 Å². The highest BCUT2D eigenvalue weighted by atomic mass is 15.4. The summed E-state index contributed by atoms with van der Waals surface area (Å²) in [6.45, 7) is 9.50. The molecule has 0 aromatic heterocycles. The van der Waals surface area contributed by atoms with Crippen molar-refractivity contribution in [2.75, 3.05) is 13.1 Å². The van der Waals surface area contributed by atoms with Crippen LogP contribution in [0.2, 0.25) is 0 Å². The van der Waals surface area contributed by atoms with Crippen LogP contribution in [0.4, 0.5) is 0 Å². The summed E-state index contributed by atoms with van der Waals surface area (Å²) in [7, 11) is 0. The van der Waals surface area contributed by atoms with Crippen molar-refractivity contribution in [3.63, 3.8) is 0 Å². The van der Waals surface area contributed by atoms with Crippen LogP contribution in [0.25, 0.3) is 0 Å².